The number of allylic oxidation sites excluding steroid dienone is 2. The lowest BCUT2D eigenvalue weighted by Crippen LogP contribution is -2.30. The molecule has 0 saturated carbocycles. The molecule has 0 aromatic rings. The Morgan fingerprint density at radius 3 is 1.41 bits per heavy atom. The van der Waals surface area contributed by atoms with Gasteiger partial charge in [-0.15, -0.1) is 0 Å². The van der Waals surface area contributed by atoms with Crippen molar-refractivity contribution in [1.82, 2.24) is 0 Å². The maximum absolute atomic E-state index is 13.3. The summed E-state index contributed by atoms with van der Waals surface area (Å²) in [6, 6.07) is 0. The number of rotatable bonds is 36. The molecule has 1 aliphatic carbocycles. The third-order valence-corrected chi connectivity index (χ3v) is 10.9. The van der Waals surface area contributed by atoms with Crippen LogP contribution in [0.4, 0.5) is 0 Å². The zero-order valence-corrected chi connectivity index (χ0v) is 33.3. The molecule has 49 heavy (non-hydrogen) atoms. The number of hydrogen-bond acceptors (Lipinski definition) is 4. The van der Waals surface area contributed by atoms with Crippen molar-refractivity contribution in [2.75, 3.05) is 13.2 Å². The highest BCUT2D eigenvalue weighted by Gasteiger charge is 2.32. The second-order valence-electron chi connectivity index (χ2n) is 15.6. The molecular weight excluding hydrogens is 604 g/mol. The van der Waals surface area contributed by atoms with Gasteiger partial charge in [-0.2, -0.15) is 0 Å². The van der Waals surface area contributed by atoms with Gasteiger partial charge in [0.05, 0.1) is 19.1 Å². The molecule has 3 unspecified atom stereocenters. The Hall–Kier alpha value is -1.32. The van der Waals surface area contributed by atoms with Crippen LogP contribution >= 0.6 is 0 Å². The summed E-state index contributed by atoms with van der Waals surface area (Å²) >= 11 is 0. The van der Waals surface area contributed by atoms with Crippen molar-refractivity contribution < 1.29 is 19.1 Å². The zero-order valence-electron chi connectivity index (χ0n) is 33.3. The Morgan fingerprint density at radius 2 is 0.878 bits per heavy atom. The van der Waals surface area contributed by atoms with E-state index in [0.29, 0.717) is 31.5 Å². The molecular formula is C45H84O4. The van der Waals surface area contributed by atoms with Gasteiger partial charge in [-0.25, -0.2) is 0 Å². The Labute approximate surface area is 306 Å². The van der Waals surface area contributed by atoms with Crippen LogP contribution in [0.1, 0.15) is 233 Å². The number of carbonyl (C=O) groups excluding carboxylic acids is 2. The van der Waals surface area contributed by atoms with Crippen LogP contribution in [0.2, 0.25) is 0 Å². The number of esters is 2. The molecule has 0 aromatic carbocycles. The molecule has 0 N–H and O–H groups in total. The van der Waals surface area contributed by atoms with Gasteiger partial charge in [-0.05, 0) is 50.4 Å². The van der Waals surface area contributed by atoms with Crippen LogP contribution in [0, 0.1) is 17.8 Å². The van der Waals surface area contributed by atoms with Crippen molar-refractivity contribution in [3.05, 3.63) is 12.2 Å². The van der Waals surface area contributed by atoms with Crippen LogP contribution in [0.25, 0.3) is 0 Å². The molecule has 0 heterocycles. The highest BCUT2D eigenvalue weighted by Crippen LogP contribution is 2.35. The topological polar surface area (TPSA) is 52.6 Å². The van der Waals surface area contributed by atoms with Gasteiger partial charge in [0, 0.05) is 6.42 Å². The van der Waals surface area contributed by atoms with Crippen LogP contribution in [0.5, 0.6) is 0 Å². The van der Waals surface area contributed by atoms with E-state index >= 15 is 0 Å². The Bertz CT molecular complexity index is 761. The Balaban J connectivity index is 2.17. The van der Waals surface area contributed by atoms with E-state index in [1.54, 1.807) is 0 Å². The fraction of sp³-hybridized carbons (Fsp3) is 0.911. The third kappa shape index (κ3) is 28.0. The van der Waals surface area contributed by atoms with E-state index < -0.39 is 0 Å². The van der Waals surface area contributed by atoms with Crippen molar-refractivity contribution in [2.45, 2.75) is 233 Å². The van der Waals surface area contributed by atoms with Gasteiger partial charge in [0.25, 0.3) is 0 Å². The molecule has 0 aromatic heterocycles. The van der Waals surface area contributed by atoms with E-state index in [4.69, 9.17) is 9.47 Å². The SMILES string of the molecule is CCCCCCCCCCCCOC(=O)CCCCCCCC1C=CC(CCCCCC)C(C(=O)OCCCCCCCCCCCC)C1. The lowest BCUT2D eigenvalue weighted by molar-refractivity contribution is -0.151. The minimum Gasteiger partial charge on any atom is -0.466 e. The molecule has 3 atom stereocenters. The first-order valence-corrected chi connectivity index (χ1v) is 22.1. The quantitative estimate of drug-likeness (QED) is 0.0373. The van der Waals surface area contributed by atoms with Crippen LogP contribution in [-0.2, 0) is 19.1 Å². The van der Waals surface area contributed by atoms with E-state index in [0.717, 1.165) is 44.9 Å². The van der Waals surface area contributed by atoms with E-state index in [1.807, 2.05) is 0 Å². The second kappa shape index (κ2) is 35.1. The van der Waals surface area contributed by atoms with Crippen molar-refractivity contribution >= 4 is 11.9 Å². The van der Waals surface area contributed by atoms with Gasteiger partial charge in [0.15, 0.2) is 0 Å². The van der Waals surface area contributed by atoms with Crippen molar-refractivity contribution in [1.29, 1.82) is 0 Å². The summed E-state index contributed by atoms with van der Waals surface area (Å²) < 4.78 is 11.4. The first-order valence-electron chi connectivity index (χ1n) is 22.1. The second-order valence-corrected chi connectivity index (χ2v) is 15.6. The molecule has 4 nitrogen and oxygen atoms in total. The lowest BCUT2D eigenvalue weighted by atomic mass is 9.75. The number of hydrogen-bond donors (Lipinski definition) is 0. The average Bonchev–Trinajstić information content (AvgIpc) is 3.11. The molecule has 0 saturated heterocycles. The fourth-order valence-electron chi connectivity index (χ4n) is 7.53. The minimum atomic E-state index is -0.0152. The van der Waals surface area contributed by atoms with Crippen molar-refractivity contribution in [3.63, 3.8) is 0 Å². The first-order chi connectivity index (χ1) is 24.1. The van der Waals surface area contributed by atoms with Gasteiger partial charge in [0.2, 0.25) is 0 Å². The lowest BCUT2D eigenvalue weighted by Gasteiger charge is -2.30. The average molecular weight is 689 g/mol. The summed E-state index contributed by atoms with van der Waals surface area (Å²) in [6.07, 6.45) is 45.2. The van der Waals surface area contributed by atoms with E-state index in [9.17, 15) is 9.59 Å². The Morgan fingerprint density at radius 1 is 0.469 bits per heavy atom. The number of carbonyl (C=O) groups is 2. The molecule has 0 amide bonds. The molecule has 1 rings (SSSR count). The van der Waals surface area contributed by atoms with Gasteiger partial charge < -0.3 is 9.47 Å². The van der Waals surface area contributed by atoms with Gasteiger partial charge in [0.1, 0.15) is 0 Å². The van der Waals surface area contributed by atoms with Crippen LogP contribution in [-0.4, -0.2) is 25.2 Å². The predicted molar refractivity (Wildman–Crippen MR) is 211 cm³/mol. The number of ether oxygens (including phenoxy) is 2. The summed E-state index contributed by atoms with van der Waals surface area (Å²) in [6.45, 7) is 7.99. The Kier molecular flexibility index (Phi) is 32.7. The summed E-state index contributed by atoms with van der Waals surface area (Å²) in [5.74, 6) is 0.913. The summed E-state index contributed by atoms with van der Waals surface area (Å²) in [4.78, 5) is 25.4. The minimum absolute atomic E-state index is 0.0152. The molecule has 1 aliphatic rings. The van der Waals surface area contributed by atoms with Gasteiger partial charge in [-0.1, -0.05) is 200 Å². The molecule has 0 spiro atoms. The molecule has 0 fully saturated rings. The highest BCUT2D eigenvalue weighted by molar-refractivity contribution is 5.73. The highest BCUT2D eigenvalue weighted by atomic mass is 16.5. The largest absolute Gasteiger partial charge is 0.466 e. The maximum Gasteiger partial charge on any atom is 0.309 e. The van der Waals surface area contributed by atoms with E-state index in [2.05, 4.69) is 32.9 Å². The fourth-order valence-corrected chi connectivity index (χ4v) is 7.53. The van der Waals surface area contributed by atoms with E-state index in [1.165, 1.54) is 161 Å². The normalized spacial score (nSPS) is 17.4. The molecule has 0 aliphatic heterocycles. The molecule has 0 bridgehead atoms. The monoisotopic (exact) mass is 689 g/mol. The summed E-state index contributed by atoms with van der Waals surface area (Å²) in [7, 11) is 0. The van der Waals surface area contributed by atoms with Gasteiger partial charge >= 0.3 is 11.9 Å². The summed E-state index contributed by atoms with van der Waals surface area (Å²) in [5.41, 5.74) is 0. The summed E-state index contributed by atoms with van der Waals surface area (Å²) in [5, 5.41) is 0. The standard InChI is InChI=1S/C45H84O4/c1-4-7-10-13-15-17-19-21-26-31-38-48-44(46)35-30-25-23-24-28-33-41-36-37-42(34-29-12-9-6-3)43(40-41)45(47)49-39-32-27-22-20-18-16-14-11-8-5-2/h36-37,41-43H,4-35,38-40H2,1-3H3. The molecule has 4 heteroatoms. The smallest absolute Gasteiger partial charge is 0.309 e. The van der Waals surface area contributed by atoms with Crippen molar-refractivity contribution in [2.24, 2.45) is 17.8 Å². The first kappa shape index (κ1) is 45.7. The van der Waals surface area contributed by atoms with E-state index in [-0.39, 0.29) is 17.9 Å². The van der Waals surface area contributed by atoms with Crippen molar-refractivity contribution in [3.8, 4) is 0 Å². The molecule has 288 valence electrons. The number of unbranched alkanes of at least 4 members (excludes halogenated alkanes) is 25. The molecule has 0 radical (unpaired) electrons. The van der Waals surface area contributed by atoms with Crippen LogP contribution < -0.4 is 0 Å². The van der Waals surface area contributed by atoms with Crippen LogP contribution in [0.15, 0.2) is 12.2 Å². The third-order valence-electron chi connectivity index (χ3n) is 10.9. The zero-order chi connectivity index (χ0) is 35.5. The van der Waals surface area contributed by atoms with Gasteiger partial charge in [-0.3, -0.25) is 9.59 Å². The van der Waals surface area contributed by atoms with Crippen LogP contribution in [0.3, 0.4) is 0 Å². The maximum atomic E-state index is 13.3. The predicted octanol–water partition coefficient (Wildman–Crippen LogP) is 14.4.